The minimum atomic E-state index is -1.51. The van der Waals surface area contributed by atoms with Crippen molar-refractivity contribution in [2.75, 3.05) is 26.6 Å². The summed E-state index contributed by atoms with van der Waals surface area (Å²) in [5, 5.41) is 28.4. The average Bonchev–Trinajstić information content (AvgIpc) is 3.57. The van der Waals surface area contributed by atoms with Crippen LogP contribution in [0.2, 0.25) is 0 Å². The number of carbonyl (C=O) groups excluding carboxylic acids is 2. The number of nitrogens with one attached hydrogen (secondary N) is 1. The molecule has 2 aromatic rings. The first-order chi connectivity index (χ1) is 22.0. The molecule has 5 unspecified atom stereocenters. The summed E-state index contributed by atoms with van der Waals surface area (Å²) in [6.07, 6.45) is 1.62. The number of para-hydroxylation sites is 1. The predicted octanol–water partition coefficient (Wildman–Crippen LogP) is 3.78. The standard InChI is InChI=1S/C35H41BrN2O8/c1-18-32(46-31(40)21-10-5-6-11-23(21)37-30(39)19-8-7-9-20(36)14-19)13-12-28(44-3)34-25(32)16-27(38(18)34)33(41)17-24(43-2)22-15-26(34)35(33,42)29(22)45-4/h5-11,14,18,22,24-29,41-42H,12-13,15-17H2,1-4H3,(H,37,39)/t18-,22+,24-,25?,26?,27?,28-,29-,32+,33-,34?,35-/m0/s1. The molecule has 6 fully saturated rings. The van der Waals surface area contributed by atoms with E-state index < -0.39 is 34.4 Å². The third-order valence-electron chi connectivity index (χ3n) is 13.1. The Morgan fingerprint density at radius 3 is 2.50 bits per heavy atom. The van der Waals surface area contributed by atoms with Crippen LogP contribution in [-0.4, -0.2) is 101 Å². The Bertz CT molecular complexity index is 1610. The second-order valence-corrected chi connectivity index (χ2v) is 15.1. The van der Waals surface area contributed by atoms with E-state index >= 15 is 0 Å². The third kappa shape index (κ3) is 3.52. The number of amides is 1. The Balaban J connectivity index is 1.17. The highest BCUT2D eigenvalue weighted by Gasteiger charge is 2.91. The Morgan fingerprint density at radius 1 is 1.00 bits per heavy atom. The second kappa shape index (κ2) is 10.3. The predicted molar refractivity (Wildman–Crippen MR) is 170 cm³/mol. The number of hydrogen-bond donors (Lipinski definition) is 3. The van der Waals surface area contributed by atoms with Crippen LogP contribution in [0.25, 0.3) is 0 Å². The normalized spacial score (nSPS) is 45.8. The zero-order chi connectivity index (χ0) is 32.4. The van der Waals surface area contributed by atoms with Gasteiger partial charge in [-0.3, -0.25) is 9.69 Å². The molecule has 7 bridgehead atoms. The molecule has 8 rings (SSSR count). The molecule has 3 aliphatic carbocycles. The van der Waals surface area contributed by atoms with Crippen LogP contribution in [0.15, 0.2) is 53.0 Å². The average molecular weight is 698 g/mol. The van der Waals surface area contributed by atoms with Crippen LogP contribution >= 0.6 is 15.9 Å². The van der Waals surface area contributed by atoms with Crippen LogP contribution in [0.4, 0.5) is 5.69 Å². The molecule has 10 nitrogen and oxygen atoms in total. The van der Waals surface area contributed by atoms with Gasteiger partial charge in [-0.2, -0.15) is 0 Å². The molecule has 3 heterocycles. The summed E-state index contributed by atoms with van der Waals surface area (Å²) in [6.45, 7) is 2.09. The van der Waals surface area contributed by atoms with Crippen LogP contribution < -0.4 is 5.32 Å². The minimum Gasteiger partial charge on any atom is -0.453 e. The van der Waals surface area contributed by atoms with Gasteiger partial charge in [0.2, 0.25) is 0 Å². The lowest BCUT2D eigenvalue weighted by Gasteiger charge is -2.64. The van der Waals surface area contributed by atoms with Gasteiger partial charge in [-0.1, -0.05) is 34.1 Å². The largest absolute Gasteiger partial charge is 0.453 e. The van der Waals surface area contributed by atoms with Crippen LogP contribution in [0, 0.1) is 17.8 Å². The number of piperidine rings is 2. The second-order valence-electron chi connectivity index (χ2n) is 14.2. The number of benzene rings is 2. The number of aliphatic hydroxyl groups is 2. The zero-order valence-electron chi connectivity index (χ0n) is 26.4. The SMILES string of the molecule is CO[C@H]1C[C@]2(O)C3CC4C5(C6C[C@H]1[C@H](OC)[C@@]62O)[C@@H](OC)CC[C@@]4(OC(=O)c1ccccc1NC(=O)c1cccc(Br)c1)[C@H](C)N35. The monoisotopic (exact) mass is 696 g/mol. The fourth-order valence-corrected chi connectivity index (χ4v) is 12.0. The molecule has 2 aromatic carbocycles. The molecule has 246 valence electrons. The van der Waals surface area contributed by atoms with Crippen molar-refractivity contribution in [3.63, 3.8) is 0 Å². The summed E-state index contributed by atoms with van der Waals surface area (Å²) in [5.74, 6) is -1.51. The van der Waals surface area contributed by atoms with E-state index in [1.807, 2.05) is 6.07 Å². The van der Waals surface area contributed by atoms with Gasteiger partial charge >= 0.3 is 5.97 Å². The fourth-order valence-electron chi connectivity index (χ4n) is 11.6. The Morgan fingerprint density at radius 2 is 1.78 bits per heavy atom. The van der Waals surface area contributed by atoms with Crippen molar-refractivity contribution in [1.82, 2.24) is 4.90 Å². The van der Waals surface area contributed by atoms with E-state index in [0.29, 0.717) is 43.4 Å². The first-order valence-corrected chi connectivity index (χ1v) is 17.0. The summed E-state index contributed by atoms with van der Waals surface area (Å²) in [4.78, 5) is 29.8. The number of anilines is 1. The number of fused-ring (bicyclic) bond motifs is 2. The maximum Gasteiger partial charge on any atom is 0.340 e. The van der Waals surface area contributed by atoms with E-state index in [4.69, 9.17) is 18.9 Å². The lowest BCUT2D eigenvalue weighted by atomic mass is 9.56. The molecule has 0 radical (unpaired) electrons. The molecule has 13 atom stereocenters. The van der Waals surface area contributed by atoms with Crippen LogP contribution in [0.1, 0.15) is 59.7 Å². The van der Waals surface area contributed by atoms with Crippen molar-refractivity contribution in [3.05, 3.63) is 64.1 Å². The highest BCUT2D eigenvalue weighted by atomic mass is 79.9. The molecular weight excluding hydrogens is 656 g/mol. The van der Waals surface area contributed by atoms with Crippen molar-refractivity contribution >= 4 is 33.5 Å². The fraction of sp³-hybridized carbons (Fsp3) is 0.600. The van der Waals surface area contributed by atoms with Gasteiger partial charge in [-0.05, 0) is 62.9 Å². The van der Waals surface area contributed by atoms with Crippen molar-refractivity contribution in [2.45, 2.75) is 91.8 Å². The zero-order valence-corrected chi connectivity index (χ0v) is 28.0. The quantitative estimate of drug-likeness (QED) is 0.371. The summed E-state index contributed by atoms with van der Waals surface area (Å²) in [5.41, 5.74) is -3.42. The lowest BCUT2D eigenvalue weighted by Crippen LogP contribution is -2.82. The van der Waals surface area contributed by atoms with Crippen LogP contribution in [0.5, 0.6) is 0 Å². The van der Waals surface area contributed by atoms with Gasteiger partial charge in [0.15, 0.2) is 0 Å². The van der Waals surface area contributed by atoms with Crippen molar-refractivity contribution in [3.8, 4) is 0 Å². The number of ether oxygens (including phenoxy) is 4. The van der Waals surface area contributed by atoms with Crippen LogP contribution in [0.3, 0.4) is 0 Å². The molecule has 3 saturated heterocycles. The first kappa shape index (κ1) is 30.9. The summed E-state index contributed by atoms with van der Waals surface area (Å²) in [6, 6.07) is 13.3. The number of halogens is 1. The molecule has 0 aromatic heterocycles. The molecule has 3 N–H and O–H groups in total. The number of nitrogens with zero attached hydrogens (tertiary/aromatic N) is 1. The van der Waals surface area contributed by atoms with Crippen molar-refractivity contribution in [2.24, 2.45) is 17.8 Å². The van der Waals surface area contributed by atoms with Gasteiger partial charge in [0.1, 0.15) is 16.8 Å². The van der Waals surface area contributed by atoms with E-state index in [-0.39, 0.29) is 53.5 Å². The number of methoxy groups -OCH3 is 3. The van der Waals surface area contributed by atoms with Crippen molar-refractivity contribution < 1.29 is 38.7 Å². The molecule has 1 amide bonds. The van der Waals surface area contributed by atoms with E-state index in [1.54, 1.807) is 63.8 Å². The van der Waals surface area contributed by atoms with Gasteiger partial charge in [-0.25, -0.2) is 4.79 Å². The molecule has 1 spiro atoms. The molecule has 11 heteroatoms. The van der Waals surface area contributed by atoms with E-state index in [0.717, 1.165) is 4.47 Å². The van der Waals surface area contributed by atoms with E-state index in [9.17, 15) is 19.8 Å². The van der Waals surface area contributed by atoms with E-state index in [2.05, 4.69) is 33.1 Å². The Hall–Kier alpha value is -2.38. The highest BCUT2D eigenvalue weighted by molar-refractivity contribution is 9.10. The topological polar surface area (TPSA) is 127 Å². The highest BCUT2D eigenvalue weighted by Crippen LogP contribution is 2.77. The number of hydrogen-bond acceptors (Lipinski definition) is 9. The maximum absolute atomic E-state index is 14.2. The number of esters is 1. The molecule has 46 heavy (non-hydrogen) atoms. The van der Waals surface area contributed by atoms with Crippen molar-refractivity contribution in [1.29, 1.82) is 0 Å². The number of carbonyl (C=O) groups is 2. The van der Waals surface area contributed by atoms with Gasteiger partial charge < -0.3 is 34.5 Å². The van der Waals surface area contributed by atoms with Crippen LogP contribution in [-0.2, 0) is 18.9 Å². The summed E-state index contributed by atoms with van der Waals surface area (Å²) in [7, 11) is 5.00. The van der Waals surface area contributed by atoms with Gasteiger partial charge in [0.25, 0.3) is 5.91 Å². The van der Waals surface area contributed by atoms with Gasteiger partial charge in [0, 0.05) is 67.6 Å². The Labute approximate surface area is 276 Å². The summed E-state index contributed by atoms with van der Waals surface area (Å²) < 4.78 is 25.7. The lowest BCUT2D eigenvalue weighted by molar-refractivity contribution is -0.314. The molecular formula is C35H41BrN2O8. The molecule has 6 aliphatic rings. The van der Waals surface area contributed by atoms with Gasteiger partial charge in [-0.15, -0.1) is 0 Å². The smallest absolute Gasteiger partial charge is 0.340 e. The van der Waals surface area contributed by atoms with E-state index in [1.165, 1.54) is 0 Å². The minimum absolute atomic E-state index is 0.0907. The van der Waals surface area contributed by atoms with Gasteiger partial charge in [0.05, 0.1) is 35.1 Å². The Kier molecular flexibility index (Phi) is 6.93. The molecule has 3 saturated carbocycles. The summed E-state index contributed by atoms with van der Waals surface area (Å²) >= 11 is 3.41. The third-order valence-corrected chi connectivity index (χ3v) is 13.6. The first-order valence-electron chi connectivity index (χ1n) is 16.2. The molecule has 3 aliphatic heterocycles. The number of rotatable bonds is 7. The maximum atomic E-state index is 14.2.